The number of likely N-dealkylation sites (tertiary alicyclic amines) is 1. The number of ether oxygens (including phenoxy) is 1. The first-order chi connectivity index (χ1) is 7.62. The first kappa shape index (κ1) is 11.9. The highest BCUT2D eigenvalue weighted by atomic mass is 16.5. The van der Waals surface area contributed by atoms with E-state index in [1.807, 2.05) is 4.90 Å². The molecular formula is C12H22N2O2. The minimum absolute atomic E-state index is 0.141. The molecule has 1 atom stereocenters. The molecule has 4 nitrogen and oxygen atoms in total. The predicted octanol–water partition coefficient (Wildman–Crippen LogP) is 0.753. The number of carbonyl (C=O) groups excluding carboxylic acids is 1. The van der Waals surface area contributed by atoms with Gasteiger partial charge in [0.05, 0.1) is 5.54 Å². The third kappa shape index (κ3) is 2.38. The molecule has 2 aliphatic heterocycles. The van der Waals surface area contributed by atoms with E-state index in [4.69, 9.17) is 10.5 Å². The zero-order chi connectivity index (χ0) is 11.6. The van der Waals surface area contributed by atoms with Crippen molar-refractivity contribution >= 4 is 5.91 Å². The van der Waals surface area contributed by atoms with Crippen molar-refractivity contribution in [1.82, 2.24) is 4.90 Å². The van der Waals surface area contributed by atoms with Crippen LogP contribution in [0.25, 0.3) is 0 Å². The van der Waals surface area contributed by atoms with Crippen LogP contribution < -0.4 is 5.73 Å². The van der Waals surface area contributed by atoms with Gasteiger partial charge in [-0.25, -0.2) is 0 Å². The quantitative estimate of drug-likeness (QED) is 0.718. The van der Waals surface area contributed by atoms with Crippen molar-refractivity contribution in [1.29, 1.82) is 0 Å². The Morgan fingerprint density at radius 1 is 1.44 bits per heavy atom. The molecule has 2 N–H and O–H groups in total. The Hall–Kier alpha value is -0.610. The van der Waals surface area contributed by atoms with Crippen molar-refractivity contribution < 1.29 is 9.53 Å². The number of amides is 1. The third-order valence-electron chi connectivity index (χ3n) is 3.76. The largest absolute Gasteiger partial charge is 0.381 e. The second kappa shape index (κ2) is 4.72. The topological polar surface area (TPSA) is 55.6 Å². The van der Waals surface area contributed by atoms with Gasteiger partial charge in [-0.2, -0.15) is 0 Å². The number of piperidine rings is 1. The van der Waals surface area contributed by atoms with Gasteiger partial charge < -0.3 is 15.4 Å². The minimum Gasteiger partial charge on any atom is -0.381 e. The molecule has 0 aromatic heterocycles. The van der Waals surface area contributed by atoms with Crippen molar-refractivity contribution in [3.8, 4) is 0 Å². The Labute approximate surface area is 97.1 Å². The molecule has 1 amide bonds. The average molecular weight is 226 g/mol. The molecule has 0 saturated carbocycles. The fourth-order valence-electron chi connectivity index (χ4n) is 2.64. The van der Waals surface area contributed by atoms with E-state index in [0.29, 0.717) is 32.0 Å². The van der Waals surface area contributed by atoms with Crippen molar-refractivity contribution in [3.63, 3.8) is 0 Å². The highest BCUT2D eigenvalue weighted by molar-refractivity contribution is 5.86. The summed E-state index contributed by atoms with van der Waals surface area (Å²) in [6, 6.07) is 0. The van der Waals surface area contributed by atoms with Crippen LogP contribution in [0.15, 0.2) is 0 Å². The van der Waals surface area contributed by atoms with Crippen LogP contribution in [0, 0.1) is 5.92 Å². The van der Waals surface area contributed by atoms with Gasteiger partial charge in [-0.3, -0.25) is 4.79 Å². The molecule has 0 aromatic rings. The SMILES string of the molecule is CC1CCCN(C(=O)C2(N)CCOCC2)C1. The van der Waals surface area contributed by atoms with Gasteiger partial charge in [0.25, 0.3) is 0 Å². The van der Waals surface area contributed by atoms with Crippen molar-refractivity contribution in [2.45, 2.75) is 38.1 Å². The normalized spacial score (nSPS) is 30.1. The summed E-state index contributed by atoms with van der Waals surface area (Å²) in [4.78, 5) is 14.3. The average Bonchev–Trinajstić information content (AvgIpc) is 2.29. The number of hydrogen-bond donors (Lipinski definition) is 1. The van der Waals surface area contributed by atoms with Crippen LogP contribution in [0.3, 0.4) is 0 Å². The number of carbonyl (C=O) groups is 1. The lowest BCUT2D eigenvalue weighted by molar-refractivity contribution is -0.142. The van der Waals surface area contributed by atoms with Crippen LogP contribution in [0.1, 0.15) is 32.6 Å². The van der Waals surface area contributed by atoms with Gasteiger partial charge in [0.1, 0.15) is 0 Å². The Morgan fingerprint density at radius 2 is 2.12 bits per heavy atom. The van der Waals surface area contributed by atoms with Crippen LogP contribution in [0.4, 0.5) is 0 Å². The second-order valence-electron chi connectivity index (χ2n) is 5.27. The van der Waals surface area contributed by atoms with Crippen LogP contribution in [0.2, 0.25) is 0 Å². The molecule has 16 heavy (non-hydrogen) atoms. The molecule has 0 bridgehead atoms. The van der Waals surface area contributed by atoms with E-state index in [0.717, 1.165) is 19.5 Å². The lowest BCUT2D eigenvalue weighted by atomic mass is 9.88. The summed E-state index contributed by atoms with van der Waals surface area (Å²) in [5.41, 5.74) is 5.55. The highest BCUT2D eigenvalue weighted by Crippen LogP contribution is 2.24. The predicted molar refractivity (Wildman–Crippen MR) is 61.9 cm³/mol. The van der Waals surface area contributed by atoms with Gasteiger partial charge in [-0.15, -0.1) is 0 Å². The van der Waals surface area contributed by atoms with Crippen LogP contribution in [0.5, 0.6) is 0 Å². The molecule has 4 heteroatoms. The lowest BCUT2D eigenvalue weighted by Crippen LogP contribution is -2.59. The maximum atomic E-state index is 12.4. The van der Waals surface area contributed by atoms with E-state index in [-0.39, 0.29) is 5.91 Å². The third-order valence-corrected chi connectivity index (χ3v) is 3.76. The van der Waals surface area contributed by atoms with Gasteiger partial charge in [-0.05, 0) is 31.6 Å². The maximum Gasteiger partial charge on any atom is 0.242 e. The zero-order valence-corrected chi connectivity index (χ0v) is 10.1. The molecule has 2 fully saturated rings. The molecule has 2 aliphatic rings. The molecular weight excluding hydrogens is 204 g/mol. The molecule has 2 saturated heterocycles. The van der Waals surface area contributed by atoms with E-state index in [9.17, 15) is 4.79 Å². The van der Waals surface area contributed by atoms with Crippen molar-refractivity contribution in [2.75, 3.05) is 26.3 Å². The maximum absolute atomic E-state index is 12.4. The fourth-order valence-corrected chi connectivity index (χ4v) is 2.64. The summed E-state index contributed by atoms with van der Waals surface area (Å²) in [6.07, 6.45) is 3.66. The highest BCUT2D eigenvalue weighted by Gasteiger charge is 2.39. The summed E-state index contributed by atoms with van der Waals surface area (Å²) in [6.45, 7) is 5.19. The van der Waals surface area contributed by atoms with Gasteiger partial charge in [0.15, 0.2) is 0 Å². The van der Waals surface area contributed by atoms with Crippen LogP contribution in [-0.2, 0) is 9.53 Å². The first-order valence-electron chi connectivity index (χ1n) is 6.28. The van der Waals surface area contributed by atoms with Crippen molar-refractivity contribution in [3.05, 3.63) is 0 Å². The Bertz CT molecular complexity index is 262. The molecule has 0 spiro atoms. The van der Waals surface area contributed by atoms with Crippen molar-refractivity contribution in [2.24, 2.45) is 11.7 Å². The summed E-state index contributed by atoms with van der Waals surface area (Å²) < 4.78 is 5.27. The Balaban J connectivity index is 1.99. The monoisotopic (exact) mass is 226 g/mol. The molecule has 2 rings (SSSR count). The summed E-state index contributed by atoms with van der Waals surface area (Å²) in [7, 11) is 0. The minimum atomic E-state index is -0.657. The summed E-state index contributed by atoms with van der Waals surface area (Å²) in [5.74, 6) is 0.753. The molecule has 0 aromatic carbocycles. The number of rotatable bonds is 1. The van der Waals surface area contributed by atoms with E-state index < -0.39 is 5.54 Å². The molecule has 2 heterocycles. The van der Waals surface area contributed by atoms with Gasteiger partial charge in [-0.1, -0.05) is 6.92 Å². The van der Waals surface area contributed by atoms with Gasteiger partial charge >= 0.3 is 0 Å². The molecule has 92 valence electrons. The molecule has 0 aliphatic carbocycles. The first-order valence-corrected chi connectivity index (χ1v) is 6.28. The Kier molecular flexibility index (Phi) is 3.50. The summed E-state index contributed by atoms with van der Waals surface area (Å²) >= 11 is 0. The van der Waals surface area contributed by atoms with E-state index >= 15 is 0 Å². The van der Waals surface area contributed by atoms with E-state index in [1.54, 1.807) is 0 Å². The van der Waals surface area contributed by atoms with Crippen LogP contribution >= 0.6 is 0 Å². The summed E-state index contributed by atoms with van der Waals surface area (Å²) in [5, 5.41) is 0. The molecule has 0 radical (unpaired) electrons. The number of hydrogen-bond acceptors (Lipinski definition) is 3. The standard InChI is InChI=1S/C12H22N2O2/c1-10-3-2-6-14(9-10)11(15)12(13)4-7-16-8-5-12/h10H,2-9,13H2,1H3. The number of nitrogens with zero attached hydrogens (tertiary/aromatic N) is 1. The van der Waals surface area contributed by atoms with E-state index in [2.05, 4.69) is 6.92 Å². The van der Waals surface area contributed by atoms with Crippen LogP contribution in [-0.4, -0.2) is 42.6 Å². The van der Waals surface area contributed by atoms with E-state index in [1.165, 1.54) is 6.42 Å². The lowest BCUT2D eigenvalue weighted by Gasteiger charge is -2.39. The smallest absolute Gasteiger partial charge is 0.242 e. The fraction of sp³-hybridized carbons (Fsp3) is 0.917. The van der Waals surface area contributed by atoms with Gasteiger partial charge in [0, 0.05) is 26.3 Å². The van der Waals surface area contributed by atoms with Gasteiger partial charge in [0.2, 0.25) is 5.91 Å². The zero-order valence-electron chi connectivity index (χ0n) is 10.1. The molecule has 1 unspecified atom stereocenters. The Morgan fingerprint density at radius 3 is 2.75 bits per heavy atom. The number of nitrogens with two attached hydrogens (primary N) is 1. The second-order valence-corrected chi connectivity index (χ2v) is 5.27.